The molecule has 0 spiro atoms. The molecular weight excluding hydrogens is 386 g/mol. The Kier molecular flexibility index (Phi) is 6.18. The molecule has 160 valence electrons. The molecule has 2 N–H and O–H groups in total. The quantitative estimate of drug-likeness (QED) is 0.341. The van der Waals surface area contributed by atoms with Gasteiger partial charge in [0.1, 0.15) is 5.75 Å². The van der Waals surface area contributed by atoms with Crippen LogP contribution in [0.4, 0.5) is 11.4 Å². The normalized spacial score (nSPS) is 11.4. The largest absolute Gasteiger partial charge is 0.497 e. The van der Waals surface area contributed by atoms with E-state index in [1.165, 1.54) is 5.56 Å². The fourth-order valence-corrected chi connectivity index (χ4v) is 4.03. The van der Waals surface area contributed by atoms with Gasteiger partial charge in [-0.15, -0.1) is 0 Å². The number of rotatable bonds is 8. The van der Waals surface area contributed by atoms with Gasteiger partial charge in [0.05, 0.1) is 23.8 Å². The Morgan fingerprint density at radius 2 is 1.71 bits per heavy atom. The lowest BCUT2D eigenvalue weighted by molar-refractivity contribution is 0.323. The molecule has 0 amide bonds. The van der Waals surface area contributed by atoms with Crippen molar-refractivity contribution in [3.63, 3.8) is 0 Å². The van der Waals surface area contributed by atoms with Gasteiger partial charge in [-0.1, -0.05) is 0 Å². The summed E-state index contributed by atoms with van der Waals surface area (Å²) < 4.78 is 5.48. The molecule has 0 radical (unpaired) electrons. The van der Waals surface area contributed by atoms with Crippen molar-refractivity contribution < 1.29 is 4.74 Å². The van der Waals surface area contributed by atoms with Gasteiger partial charge < -0.3 is 20.3 Å². The van der Waals surface area contributed by atoms with Crippen LogP contribution >= 0.6 is 0 Å². The molecule has 0 aliphatic heterocycles. The van der Waals surface area contributed by atoms with Crippen LogP contribution in [0, 0.1) is 0 Å². The Morgan fingerprint density at radius 1 is 0.903 bits per heavy atom. The molecule has 0 atom stereocenters. The van der Waals surface area contributed by atoms with Crippen LogP contribution in [0.1, 0.15) is 12.0 Å². The molecule has 6 heteroatoms. The molecule has 0 saturated heterocycles. The van der Waals surface area contributed by atoms with Crippen LogP contribution in [0.2, 0.25) is 0 Å². The number of pyridine rings is 2. The number of aromatic nitrogens is 2. The molecule has 2 heterocycles. The SMILES string of the molecule is COc1ccc2nc3cc(N)ccc3c(N(C)CCCN(C)Cc3ccncc3)c2c1. The summed E-state index contributed by atoms with van der Waals surface area (Å²) >= 11 is 0. The first-order chi connectivity index (χ1) is 15.0. The standard InChI is InChI=1S/C25H29N5O/c1-29(17-18-9-11-27-12-10-18)13-4-14-30(2)25-21-7-5-19(26)15-24(21)28-23-8-6-20(31-3)16-22(23)25/h5-12,15-16H,4,13-14,17,26H2,1-3H3. The minimum absolute atomic E-state index is 0.721. The van der Waals surface area contributed by atoms with Crippen molar-refractivity contribution in [2.24, 2.45) is 0 Å². The maximum atomic E-state index is 6.03. The summed E-state index contributed by atoms with van der Waals surface area (Å²) in [6.45, 7) is 2.85. The molecule has 0 unspecified atom stereocenters. The molecule has 0 aliphatic rings. The van der Waals surface area contributed by atoms with E-state index in [-0.39, 0.29) is 0 Å². The maximum Gasteiger partial charge on any atom is 0.119 e. The summed E-state index contributed by atoms with van der Waals surface area (Å²) in [6, 6.07) is 16.1. The van der Waals surface area contributed by atoms with E-state index in [9.17, 15) is 0 Å². The highest BCUT2D eigenvalue weighted by molar-refractivity contribution is 6.08. The Hall–Kier alpha value is -3.38. The van der Waals surface area contributed by atoms with Crippen LogP contribution in [0.5, 0.6) is 5.75 Å². The van der Waals surface area contributed by atoms with Gasteiger partial charge in [0.15, 0.2) is 0 Å². The van der Waals surface area contributed by atoms with E-state index in [0.717, 1.165) is 65.0 Å². The lowest BCUT2D eigenvalue weighted by Gasteiger charge is -2.25. The number of hydrogen-bond donors (Lipinski definition) is 1. The van der Waals surface area contributed by atoms with E-state index in [2.05, 4.69) is 53.1 Å². The molecule has 4 rings (SSSR count). The van der Waals surface area contributed by atoms with E-state index in [1.807, 2.05) is 36.7 Å². The molecule has 0 bridgehead atoms. The smallest absolute Gasteiger partial charge is 0.119 e. The highest BCUT2D eigenvalue weighted by Gasteiger charge is 2.14. The van der Waals surface area contributed by atoms with E-state index >= 15 is 0 Å². The Bertz CT molecular complexity index is 1180. The number of hydrogen-bond acceptors (Lipinski definition) is 6. The average molecular weight is 416 g/mol. The fraction of sp³-hybridized carbons (Fsp3) is 0.280. The molecule has 0 fully saturated rings. The van der Waals surface area contributed by atoms with Crippen LogP contribution in [0.3, 0.4) is 0 Å². The summed E-state index contributed by atoms with van der Waals surface area (Å²) in [7, 11) is 6.00. The minimum Gasteiger partial charge on any atom is -0.497 e. The van der Waals surface area contributed by atoms with Crippen LogP contribution in [0.25, 0.3) is 21.8 Å². The number of nitrogen functional groups attached to an aromatic ring is 1. The van der Waals surface area contributed by atoms with Crippen LogP contribution in [-0.2, 0) is 6.54 Å². The highest BCUT2D eigenvalue weighted by Crippen LogP contribution is 2.36. The predicted molar refractivity (Wildman–Crippen MR) is 129 cm³/mol. The number of methoxy groups -OCH3 is 1. The first kappa shape index (κ1) is 20.9. The second-order valence-electron chi connectivity index (χ2n) is 7.99. The van der Waals surface area contributed by atoms with Gasteiger partial charge in [0.25, 0.3) is 0 Å². The van der Waals surface area contributed by atoms with Crippen molar-refractivity contribution in [3.8, 4) is 5.75 Å². The van der Waals surface area contributed by atoms with Gasteiger partial charge in [0.2, 0.25) is 0 Å². The summed E-state index contributed by atoms with van der Waals surface area (Å²) in [4.78, 5) is 13.6. The summed E-state index contributed by atoms with van der Waals surface area (Å²) in [5, 5.41) is 2.19. The molecule has 0 saturated carbocycles. The molecule has 4 aromatic rings. The van der Waals surface area contributed by atoms with Crippen molar-refractivity contribution >= 4 is 33.2 Å². The van der Waals surface area contributed by atoms with E-state index in [1.54, 1.807) is 7.11 Å². The third-order valence-corrected chi connectivity index (χ3v) is 5.59. The van der Waals surface area contributed by atoms with Crippen molar-refractivity contribution in [3.05, 3.63) is 66.5 Å². The monoisotopic (exact) mass is 415 g/mol. The van der Waals surface area contributed by atoms with Gasteiger partial charge in [-0.2, -0.15) is 0 Å². The summed E-state index contributed by atoms with van der Waals surface area (Å²) in [5.74, 6) is 0.829. The van der Waals surface area contributed by atoms with Gasteiger partial charge in [-0.25, -0.2) is 4.98 Å². The van der Waals surface area contributed by atoms with Crippen LogP contribution in [0.15, 0.2) is 60.9 Å². The second kappa shape index (κ2) is 9.18. The zero-order chi connectivity index (χ0) is 21.8. The summed E-state index contributed by atoms with van der Waals surface area (Å²) in [5.41, 5.74) is 11.0. The maximum absolute atomic E-state index is 6.03. The van der Waals surface area contributed by atoms with Crippen LogP contribution in [-0.4, -0.2) is 49.2 Å². The third-order valence-electron chi connectivity index (χ3n) is 5.59. The fourth-order valence-electron chi connectivity index (χ4n) is 4.03. The van der Waals surface area contributed by atoms with Gasteiger partial charge >= 0.3 is 0 Å². The Morgan fingerprint density at radius 3 is 2.48 bits per heavy atom. The van der Waals surface area contributed by atoms with E-state index in [0.29, 0.717) is 0 Å². The molecule has 31 heavy (non-hydrogen) atoms. The average Bonchev–Trinajstić information content (AvgIpc) is 2.77. The van der Waals surface area contributed by atoms with Gasteiger partial charge in [-0.05, 0) is 74.1 Å². The molecule has 0 aliphatic carbocycles. The third kappa shape index (κ3) is 4.70. The Labute approximate surface area is 183 Å². The second-order valence-corrected chi connectivity index (χ2v) is 7.99. The molecular formula is C25H29N5O. The lowest BCUT2D eigenvalue weighted by Crippen LogP contribution is -2.25. The Balaban J connectivity index is 1.57. The van der Waals surface area contributed by atoms with E-state index < -0.39 is 0 Å². The predicted octanol–water partition coefficient (Wildman–Crippen LogP) is 4.33. The molecule has 2 aromatic carbocycles. The van der Waals surface area contributed by atoms with Gasteiger partial charge in [-0.3, -0.25) is 4.98 Å². The van der Waals surface area contributed by atoms with Crippen molar-refractivity contribution in [1.29, 1.82) is 0 Å². The number of nitrogens with zero attached hydrogens (tertiary/aromatic N) is 4. The lowest BCUT2D eigenvalue weighted by atomic mass is 10.1. The van der Waals surface area contributed by atoms with Crippen molar-refractivity contribution in [2.45, 2.75) is 13.0 Å². The summed E-state index contributed by atoms with van der Waals surface area (Å²) in [6.07, 6.45) is 4.73. The first-order valence-electron chi connectivity index (χ1n) is 10.5. The zero-order valence-electron chi connectivity index (χ0n) is 18.4. The van der Waals surface area contributed by atoms with Crippen LogP contribution < -0.4 is 15.4 Å². The number of nitrogens with two attached hydrogens (primary N) is 1. The van der Waals surface area contributed by atoms with Gasteiger partial charge in [0, 0.05) is 49.0 Å². The first-order valence-corrected chi connectivity index (χ1v) is 10.5. The molecule has 6 nitrogen and oxygen atoms in total. The highest BCUT2D eigenvalue weighted by atomic mass is 16.5. The topological polar surface area (TPSA) is 67.5 Å². The van der Waals surface area contributed by atoms with Crippen molar-refractivity contribution in [1.82, 2.24) is 14.9 Å². The zero-order valence-corrected chi connectivity index (χ0v) is 18.4. The number of benzene rings is 2. The van der Waals surface area contributed by atoms with E-state index in [4.69, 9.17) is 15.5 Å². The number of fused-ring (bicyclic) bond motifs is 2. The number of anilines is 2. The van der Waals surface area contributed by atoms with Crippen molar-refractivity contribution in [2.75, 3.05) is 44.9 Å². The molecule has 2 aromatic heterocycles. The minimum atomic E-state index is 0.721. The number of ether oxygens (including phenoxy) is 1.